The molecule has 1 aromatic carbocycles. The van der Waals surface area contributed by atoms with Gasteiger partial charge in [0.2, 0.25) is 0 Å². The highest BCUT2D eigenvalue weighted by Gasteiger charge is 2.24. The quantitative estimate of drug-likeness (QED) is 0.897. The summed E-state index contributed by atoms with van der Waals surface area (Å²) in [4.78, 5) is 0. The van der Waals surface area contributed by atoms with Crippen LogP contribution >= 0.6 is 15.9 Å². The van der Waals surface area contributed by atoms with Crippen LogP contribution in [-0.4, -0.2) is 17.3 Å². The number of halogens is 1. The van der Waals surface area contributed by atoms with Crippen LogP contribution in [0.3, 0.4) is 0 Å². The number of hydrogen-bond donors (Lipinski definition) is 2. The first-order chi connectivity index (χ1) is 7.86. The Bertz CT molecular complexity index is 436. The van der Waals surface area contributed by atoms with Crippen molar-refractivity contribution in [1.82, 2.24) is 0 Å². The average Bonchev–Trinajstić information content (AvgIpc) is 2.27. The third-order valence-corrected chi connectivity index (χ3v) is 3.63. The molecule has 17 heavy (non-hydrogen) atoms. The number of nitriles is 1. The molecule has 0 aliphatic heterocycles. The van der Waals surface area contributed by atoms with Crippen molar-refractivity contribution in [1.29, 1.82) is 5.26 Å². The van der Waals surface area contributed by atoms with Gasteiger partial charge in [0.25, 0.3) is 0 Å². The van der Waals surface area contributed by atoms with E-state index in [1.807, 2.05) is 26.8 Å². The van der Waals surface area contributed by atoms with E-state index in [1.54, 1.807) is 12.1 Å². The van der Waals surface area contributed by atoms with Crippen LogP contribution in [0.15, 0.2) is 22.7 Å². The fourth-order valence-electron chi connectivity index (χ4n) is 1.21. The van der Waals surface area contributed by atoms with Gasteiger partial charge in [-0.2, -0.15) is 5.26 Å². The molecule has 0 heterocycles. The summed E-state index contributed by atoms with van der Waals surface area (Å²) in [5, 5.41) is 22.0. The van der Waals surface area contributed by atoms with E-state index in [4.69, 9.17) is 5.26 Å². The summed E-state index contributed by atoms with van der Waals surface area (Å²) in [7, 11) is 0. The number of hydrogen-bond acceptors (Lipinski definition) is 3. The highest BCUT2D eigenvalue weighted by atomic mass is 79.9. The van der Waals surface area contributed by atoms with E-state index in [2.05, 4.69) is 27.3 Å². The molecule has 0 saturated carbocycles. The number of rotatable bonds is 4. The van der Waals surface area contributed by atoms with Crippen LogP contribution in [0.2, 0.25) is 0 Å². The molecule has 3 nitrogen and oxygen atoms in total. The minimum atomic E-state index is -0.757. The van der Waals surface area contributed by atoms with Gasteiger partial charge >= 0.3 is 0 Å². The summed E-state index contributed by atoms with van der Waals surface area (Å²) in [6, 6.07) is 7.41. The number of benzene rings is 1. The second kappa shape index (κ2) is 5.52. The molecular weight excluding hydrogens is 280 g/mol. The fraction of sp³-hybridized carbons (Fsp3) is 0.462. The second-order valence-electron chi connectivity index (χ2n) is 4.67. The minimum Gasteiger partial charge on any atom is -0.388 e. The molecule has 0 radical (unpaired) electrons. The van der Waals surface area contributed by atoms with Crippen LogP contribution in [0.1, 0.15) is 26.3 Å². The molecule has 0 aromatic heterocycles. The van der Waals surface area contributed by atoms with E-state index in [0.717, 1.165) is 10.2 Å². The number of aliphatic hydroxyl groups is 1. The topological polar surface area (TPSA) is 56.0 Å². The van der Waals surface area contributed by atoms with Gasteiger partial charge in [-0.15, -0.1) is 0 Å². The molecule has 1 aromatic rings. The lowest BCUT2D eigenvalue weighted by Gasteiger charge is -2.28. The molecule has 92 valence electrons. The van der Waals surface area contributed by atoms with Crippen LogP contribution in [0.5, 0.6) is 0 Å². The zero-order valence-corrected chi connectivity index (χ0v) is 11.9. The highest BCUT2D eigenvalue weighted by Crippen LogP contribution is 2.25. The standard InChI is InChI=1S/C13H17BrN2O/c1-9(2)13(3,17)8-16-12-5-4-10(7-15)6-11(12)14/h4-6,9,16-17H,8H2,1-3H3. The molecule has 0 fully saturated rings. The smallest absolute Gasteiger partial charge is 0.0992 e. The van der Waals surface area contributed by atoms with Crippen molar-refractivity contribution in [2.45, 2.75) is 26.4 Å². The Labute approximate surface area is 111 Å². The summed E-state index contributed by atoms with van der Waals surface area (Å²) < 4.78 is 0.830. The van der Waals surface area contributed by atoms with Crippen molar-refractivity contribution < 1.29 is 5.11 Å². The maximum atomic E-state index is 10.1. The summed E-state index contributed by atoms with van der Waals surface area (Å²) in [6.45, 7) is 6.24. The molecule has 0 saturated heterocycles. The molecule has 1 atom stereocenters. The molecule has 0 amide bonds. The first-order valence-electron chi connectivity index (χ1n) is 5.52. The normalized spacial score (nSPS) is 14.2. The number of anilines is 1. The predicted octanol–water partition coefficient (Wildman–Crippen LogP) is 3.14. The Morgan fingerprint density at radius 1 is 1.53 bits per heavy atom. The van der Waals surface area contributed by atoms with Gasteiger partial charge in [0.15, 0.2) is 0 Å². The lowest BCUT2D eigenvalue weighted by molar-refractivity contribution is 0.0266. The van der Waals surface area contributed by atoms with Crippen molar-refractivity contribution in [3.8, 4) is 6.07 Å². The van der Waals surface area contributed by atoms with Gasteiger partial charge < -0.3 is 10.4 Å². The first-order valence-corrected chi connectivity index (χ1v) is 6.32. The Balaban J connectivity index is 2.74. The minimum absolute atomic E-state index is 0.173. The third kappa shape index (κ3) is 3.72. The van der Waals surface area contributed by atoms with Crippen LogP contribution in [0, 0.1) is 17.2 Å². The van der Waals surface area contributed by atoms with Crippen LogP contribution in [0.25, 0.3) is 0 Å². The number of nitrogens with one attached hydrogen (secondary N) is 1. The fourth-order valence-corrected chi connectivity index (χ4v) is 1.73. The maximum absolute atomic E-state index is 10.1. The average molecular weight is 297 g/mol. The third-order valence-electron chi connectivity index (χ3n) is 2.98. The second-order valence-corrected chi connectivity index (χ2v) is 5.53. The molecule has 2 N–H and O–H groups in total. The number of nitrogens with zero attached hydrogens (tertiary/aromatic N) is 1. The first kappa shape index (κ1) is 14.0. The largest absolute Gasteiger partial charge is 0.388 e. The Morgan fingerprint density at radius 2 is 2.18 bits per heavy atom. The van der Waals surface area contributed by atoms with E-state index in [-0.39, 0.29) is 5.92 Å². The van der Waals surface area contributed by atoms with Crippen molar-refractivity contribution in [2.75, 3.05) is 11.9 Å². The zero-order valence-electron chi connectivity index (χ0n) is 10.3. The monoisotopic (exact) mass is 296 g/mol. The van der Waals surface area contributed by atoms with Gasteiger partial charge in [0.05, 0.1) is 17.2 Å². The molecule has 0 spiro atoms. The molecule has 4 heteroatoms. The Morgan fingerprint density at radius 3 is 2.65 bits per heavy atom. The maximum Gasteiger partial charge on any atom is 0.0992 e. The van der Waals surface area contributed by atoms with Crippen LogP contribution < -0.4 is 5.32 Å². The van der Waals surface area contributed by atoms with Crippen LogP contribution in [0.4, 0.5) is 5.69 Å². The molecular formula is C13H17BrN2O. The van der Waals surface area contributed by atoms with Gasteiger partial charge in [-0.05, 0) is 47.0 Å². The van der Waals surface area contributed by atoms with E-state index >= 15 is 0 Å². The van der Waals surface area contributed by atoms with Crippen molar-refractivity contribution in [2.24, 2.45) is 5.92 Å². The SMILES string of the molecule is CC(C)C(C)(O)CNc1ccc(C#N)cc1Br. The van der Waals surface area contributed by atoms with E-state index < -0.39 is 5.60 Å². The summed E-state index contributed by atoms with van der Waals surface area (Å²) in [6.07, 6.45) is 0. The molecule has 0 bridgehead atoms. The highest BCUT2D eigenvalue weighted by molar-refractivity contribution is 9.10. The van der Waals surface area contributed by atoms with Crippen molar-refractivity contribution in [3.05, 3.63) is 28.2 Å². The van der Waals surface area contributed by atoms with Crippen LogP contribution in [-0.2, 0) is 0 Å². The van der Waals surface area contributed by atoms with Gasteiger partial charge in [-0.3, -0.25) is 0 Å². The summed E-state index contributed by atoms with van der Waals surface area (Å²) in [5.74, 6) is 0.173. The Hall–Kier alpha value is -1.05. The molecule has 1 rings (SSSR count). The van der Waals surface area contributed by atoms with E-state index in [1.165, 1.54) is 0 Å². The summed E-state index contributed by atoms with van der Waals surface area (Å²) in [5.41, 5.74) is 0.732. The molecule has 0 aliphatic carbocycles. The zero-order chi connectivity index (χ0) is 13.1. The van der Waals surface area contributed by atoms with E-state index in [0.29, 0.717) is 12.1 Å². The van der Waals surface area contributed by atoms with Gasteiger partial charge in [0.1, 0.15) is 0 Å². The predicted molar refractivity (Wildman–Crippen MR) is 72.8 cm³/mol. The Kier molecular flexibility index (Phi) is 4.55. The van der Waals surface area contributed by atoms with Crippen molar-refractivity contribution in [3.63, 3.8) is 0 Å². The summed E-state index contributed by atoms with van der Waals surface area (Å²) >= 11 is 3.40. The van der Waals surface area contributed by atoms with Crippen molar-refractivity contribution >= 4 is 21.6 Å². The van der Waals surface area contributed by atoms with Gasteiger partial charge in [-0.25, -0.2) is 0 Å². The van der Waals surface area contributed by atoms with Gasteiger partial charge in [-0.1, -0.05) is 13.8 Å². The molecule has 1 unspecified atom stereocenters. The lowest BCUT2D eigenvalue weighted by atomic mass is 9.92. The molecule has 0 aliphatic rings. The van der Waals surface area contributed by atoms with Gasteiger partial charge in [0, 0.05) is 16.7 Å². The van der Waals surface area contributed by atoms with E-state index in [9.17, 15) is 5.11 Å². The lowest BCUT2D eigenvalue weighted by Crippen LogP contribution is -2.38.